The van der Waals surface area contributed by atoms with Gasteiger partial charge in [-0.05, 0) is 49.9 Å². The van der Waals surface area contributed by atoms with Crippen molar-refractivity contribution in [3.63, 3.8) is 0 Å². The highest BCUT2D eigenvalue weighted by Crippen LogP contribution is 2.37. The van der Waals surface area contributed by atoms with Gasteiger partial charge in [0.1, 0.15) is 0 Å². The summed E-state index contributed by atoms with van der Waals surface area (Å²) in [4.78, 5) is 0. The van der Waals surface area contributed by atoms with E-state index in [9.17, 15) is 0 Å². The van der Waals surface area contributed by atoms with Crippen LogP contribution >= 0.6 is 11.8 Å². The average molecular weight is 263 g/mol. The molecule has 0 bridgehead atoms. The molecule has 1 aliphatic heterocycles. The van der Waals surface area contributed by atoms with Crippen LogP contribution in [0.4, 0.5) is 0 Å². The molecule has 1 aromatic carbocycles. The summed E-state index contributed by atoms with van der Waals surface area (Å²) in [6.07, 6.45) is 2.46. The predicted octanol–water partition coefficient (Wildman–Crippen LogP) is 4.37. The van der Waals surface area contributed by atoms with Crippen molar-refractivity contribution in [1.29, 1.82) is 0 Å². The van der Waals surface area contributed by atoms with E-state index in [1.807, 2.05) is 0 Å². The highest BCUT2D eigenvalue weighted by Gasteiger charge is 2.23. The zero-order valence-corrected chi connectivity index (χ0v) is 12.9. The molecule has 0 saturated carbocycles. The molecule has 1 N–H and O–H groups in total. The monoisotopic (exact) mass is 263 g/mol. The van der Waals surface area contributed by atoms with E-state index in [1.54, 1.807) is 11.1 Å². The van der Waals surface area contributed by atoms with Crippen LogP contribution in [-0.2, 0) is 5.75 Å². The van der Waals surface area contributed by atoms with Crippen molar-refractivity contribution in [3.8, 4) is 0 Å². The Morgan fingerprint density at radius 2 is 2.11 bits per heavy atom. The minimum Gasteiger partial charge on any atom is -0.310 e. The highest BCUT2D eigenvalue weighted by atomic mass is 32.2. The van der Waals surface area contributed by atoms with Gasteiger partial charge in [0, 0.05) is 17.0 Å². The highest BCUT2D eigenvalue weighted by molar-refractivity contribution is 7.99. The lowest BCUT2D eigenvalue weighted by molar-refractivity contribution is 0.498. The molecule has 2 rings (SSSR count). The smallest absolute Gasteiger partial charge is 0.0336 e. The van der Waals surface area contributed by atoms with Gasteiger partial charge in [-0.15, -0.1) is 0 Å². The quantitative estimate of drug-likeness (QED) is 0.869. The van der Waals surface area contributed by atoms with Gasteiger partial charge in [-0.2, -0.15) is 11.8 Å². The third-order valence-electron chi connectivity index (χ3n) is 3.70. The first kappa shape index (κ1) is 14.0. The topological polar surface area (TPSA) is 12.0 Å². The second kappa shape index (κ2) is 6.12. The van der Waals surface area contributed by atoms with Crippen molar-refractivity contribution in [2.45, 2.75) is 57.6 Å². The predicted molar refractivity (Wildman–Crippen MR) is 82.3 cm³/mol. The number of fused-ring (bicyclic) bond motifs is 1. The van der Waals surface area contributed by atoms with Gasteiger partial charge in [0.05, 0.1) is 0 Å². The molecular formula is C16H25NS. The summed E-state index contributed by atoms with van der Waals surface area (Å²) >= 11 is 2.10. The van der Waals surface area contributed by atoms with Gasteiger partial charge in [-0.25, -0.2) is 0 Å². The van der Waals surface area contributed by atoms with Gasteiger partial charge in [0.25, 0.3) is 0 Å². The fraction of sp³-hybridized carbons (Fsp3) is 0.625. The molecule has 0 aromatic heterocycles. The normalized spacial score (nSPS) is 23.6. The van der Waals surface area contributed by atoms with Crippen LogP contribution in [0.1, 0.15) is 55.0 Å². The lowest BCUT2D eigenvalue weighted by Gasteiger charge is -2.23. The molecule has 18 heavy (non-hydrogen) atoms. The van der Waals surface area contributed by atoms with Crippen LogP contribution in [0.15, 0.2) is 12.1 Å². The van der Waals surface area contributed by atoms with E-state index in [0.29, 0.717) is 6.04 Å². The van der Waals surface area contributed by atoms with E-state index in [-0.39, 0.29) is 0 Å². The molecule has 100 valence electrons. The van der Waals surface area contributed by atoms with Gasteiger partial charge in [-0.1, -0.05) is 31.5 Å². The standard InChI is InChI=1S/C16H25NS/c1-5-6-17-15-9-13(4)18-10-14-8-11(2)7-12(3)16(14)15/h7-8,13,15,17H,5-6,9-10H2,1-4H3. The molecule has 0 spiro atoms. The molecule has 0 aliphatic carbocycles. The van der Waals surface area contributed by atoms with Crippen LogP contribution in [0.3, 0.4) is 0 Å². The molecule has 1 aliphatic rings. The molecule has 1 aromatic rings. The minimum absolute atomic E-state index is 0.547. The number of rotatable bonds is 3. The summed E-state index contributed by atoms with van der Waals surface area (Å²) in [5.74, 6) is 1.17. The third-order valence-corrected chi connectivity index (χ3v) is 4.94. The molecule has 0 radical (unpaired) electrons. The number of benzene rings is 1. The van der Waals surface area contributed by atoms with Gasteiger partial charge >= 0.3 is 0 Å². The first-order chi connectivity index (χ1) is 8.61. The maximum Gasteiger partial charge on any atom is 0.0336 e. The lowest BCUT2D eigenvalue weighted by atomic mass is 9.91. The van der Waals surface area contributed by atoms with Crippen molar-refractivity contribution in [1.82, 2.24) is 5.32 Å². The zero-order valence-electron chi connectivity index (χ0n) is 12.0. The van der Waals surface area contributed by atoms with Crippen LogP contribution in [0.2, 0.25) is 0 Å². The molecule has 2 atom stereocenters. The average Bonchev–Trinajstić information content (AvgIpc) is 2.46. The summed E-state index contributed by atoms with van der Waals surface area (Å²) in [5, 5.41) is 4.49. The minimum atomic E-state index is 0.547. The van der Waals surface area contributed by atoms with E-state index in [0.717, 1.165) is 11.8 Å². The van der Waals surface area contributed by atoms with Gasteiger partial charge < -0.3 is 5.32 Å². The maximum absolute atomic E-state index is 3.74. The van der Waals surface area contributed by atoms with E-state index >= 15 is 0 Å². The Hall–Kier alpha value is -0.470. The van der Waals surface area contributed by atoms with Crippen molar-refractivity contribution < 1.29 is 0 Å². The number of hydrogen-bond acceptors (Lipinski definition) is 2. The molecule has 0 saturated heterocycles. The molecule has 1 nitrogen and oxygen atoms in total. The SMILES string of the molecule is CCCNC1CC(C)SCc2cc(C)cc(C)c21. The van der Waals surface area contributed by atoms with Crippen LogP contribution in [0, 0.1) is 13.8 Å². The zero-order chi connectivity index (χ0) is 13.1. The van der Waals surface area contributed by atoms with Gasteiger partial charge in [-0.3, -0.25) is 0 Å². The van der Waals surface area contributed by atoms with E-state index in [4.69, 9.17) is 0 Å². The maximum atomic E-state index is 3.74. The van der Waals surface area contributed by atoms with Crippen molar-refractivity contribution in [2.75, 3.05) is 6.54 Å². The van der Waals surface area contributed by atoms with E-state index in [2.05, 4.69) is 56.9 Å². The van der Waals surface area contributed by atoms with Gasteiger partial charge in [0.2, 0.25) is 0 Å². The third kappa shape index (κ3) is 3.10. The summed E-state index contributed by atoms with van der Waals surface area (Å²) in [6, 6.07) is 5.26. The first-order valence-electron chi connectivity index (χ1n) is 7.06. The number of thioether (sulfide) groups is 1. The second-order valence-electron chi connectivity index (χ2n) is 5.52. The fourth-order valence-corrected chi connectivity index (χ4v) is 3.97. The van der Waals surface area contributed by atoms with Crippen LogP contribution in [0.5, 0.6) is 0 Å². The molecule has 2 unspecified atom stereocenters. The lowest BCUT2D eigenvalue weighted by Crippen LogP contribution is -2.25. The number of aryl methyl sites for hydroxylation is 2. The molecular weight excluding hydrogens is 238 g/mol. The Morgan fingerprint density at radius 1 is 1.33 bits per heavy atom. The molecule has 0 amide bonds. The van der Waals surface area contributed by atoms with Crippen molar-refractivity contribution in [2.24, 2.45) is 0 Å². The number of hydrogen-bond donors (Lipinski definition) is 1. The molecule has 1 heterocycles. The van der Waals surface area contributed by atoms with Crippen molar-refractivity contribution in [3.05, 3.63) is 34.4 Å². The summed E-state index contributed by atoms with van der Waals surface area (Å²) in [6.45, 7) is 10.2. The van der Waals surface area contributed by atoms with Crippen LogP contribution in [-0.4, -0.2) is 11.8 Å². The Kier molecular flexibility index (Phi) is 4.74. The summed E-state index contributed by atoms with van der Waals surface area (Å²) in [5.41, 5.74) is 5.99. The number of nitrogens with one attached hydrogen (secondary N) is 1. The van der Waals surface area contributed by atoms with Crippen molar-refractivity contribution >= 4 is 11.8 Å². The molecule has 0 fully saturated rings. The Morgan fingerprint density at radius 3 is 2.83 bits per heavy atom. The largest absolute Gasteiger partial charge is 0.310 e. The van der Waals surface area contributed by atoms with E-state index in [1.165, 1.54) is 29.7 Å². The molecule has 2 heteroatoms. The summed E-state index contributed by atoms with van der Waals surface area (Å²) < 4.78 is 0. The first-order valence-corrected chi connectivity index (χ1v) is 8.11. The fourth-order valence-electron chi connectivity index (χ4n) is 2.94. The second-order valence-corrected chi connectivity index (χ2v) is 6.95. The Labute approximate surface area is 116 Å². The Balaban J connectivity index is 2.36. The van der Waals surface area contributed by atoms with Crippen LogP contribution in [0.25, 0.3) is 0 Å². The summed E-state index contributed by atoms with van der Waals surface area (Å²) in [7, 11) is 0. The Bertz CT molecular complexity index is 414. The van der Waals surface area contributed by atoms with E-state index < -0.39 is 0 Å². The van der Waals surface area contributed by atoms with Crippen LogP contribution < -0.4 is 5.32 Å². The van der Waals surface area contributed by atoms with Gasteiger partial charge in [0.15, 0.2) is 0 Å².